The molecule has 3 aromatic rings. The summed E-state index contributed by atoms with van der Waals surface area (Å²) in [6.45, 7) is 0. The number of nitrogens with zero attached hydrogens (tertiary/aromatic N) is 3. The first kappa shape index (κ1) is 13.4. The third-order valence-corrected chi connectivity index (χ3v) is 4.78. The SMILES string of the molecule is N#C/C(=C\c1ccc([N+](=O)[O-])s1)c1nc2ccccc2s1. The summed E-state index contributed by atoms with van der Waals surface area (Å²) in [6, 6.07) is 12.8. The number of hydrogen-bond acceptors (Lipinski definition) is 6. The minimum atomic E-state index is -0.439. The third kappa shape index (κ3) is 2.67. The fourth-order valence-corrected chi connectivity index (χ4v) is 3.49. The molecular weight excluding hydrogens is 306 g/mol. The Morgan fingerprint density at radius 2 is 2.10 bits per heavy atom. The van der Waals surface area contributed by atoms with Crippen LogP contribution in [0.1, 0.15) is 9.88 Å². The molecule has 2 heterocycles. The quantitative estimate of drug-likeness (QED) is 0.409. The summed E-state index contributed by atoms with van der Waals surface area (Å²) in [6.07, 6.45) is 1.63. The number of nitriles is 1. The Balaban J connectivity index is 2.02. The van der Waals surface area contributed by atoms with Gasteiger partial charge >= 0.3 is 5.00 Å². The second-order valence-electron chi connectivity index (χ2n) is 4.09. The zero-order chi connectivity index (χ0) is 14.8. The van der Waals surface area contributed by atoms with Crippen molar-refractivity contribution in [2.75, 3.05) is 0 Å². The molecule has 0 aliphatic heterocycles. The van der Waals surface area contributed by atoms with E-state index in [9.17, 15) is 15.4 Å². The molecule has 2 aromatic heterocycles. The smallest absolute Gasteiger partial charge is 0.258 e. The van der Waals surface area contributed by atoms with Crippen LogP contribution in [-0.4, -0.2) is 9.91 Å². The number of aromatic nitrogens is 1. The number of nitro groups is 1. The fraction of sp³-hybridized carbons (Fsp3) is 0. The molecule has 7 heteroatoms. The zero-order valence-electron chi connectivity index (χ0n) is 10.5. The van der Waals surface area contributed by atoms with E-state index in [1.54, 1.807) is 12.1 Å². The zero-order valence-corrected chi connectivity index (χ0v) is 12.1. The van der Waals surface area contributed by atoms with Gasteiger partial charge in [-0.2, -0.15) is 5.26 Å². The lowest BCUT2D eigenvalue weighted by Crippen LogP contribution is -1.80. The van der Waals surface area contributed by atoms with Crippen molar-refractivity contribution in [3.8, 4) is 6.07 Å². The van der Waals surface area contributed by atoms with E-state index in [4.69, 9.17) is 0 Å². The van der Waals surface area contributed by atoms with Gasteiger partial charge in [0.25, 0.3) is 0 Å². The average molecular weight is 313 g/mol. The van der Waals surface area contributed by atoms with Crippen molar-refractivity contribution in [1.29, 1.82) is 5.26 Å². The van der Waals surface area contributed by atoms with Crippen LogP contribution in [0.25, 0.3) is 21.9 Å². The van der Waals surface area contributed by atoms with Crippen LogP contribution in [0.3, 0.4) is 0 Å². The molecule has 0 bridgehead atoms. The van der Waals surface area contributed by atoms with Crippen LogP contribution in [0.2, 0.25) is 0 Å². The summed E-state index contributed by atoms with van der Waals surface area (Å²) in [7, 11) is 0. The first-order chi connectivity index (χ1) is 10.2. The highest BCUT2D eigenvalue weighted by molar-refractivity contribution is 7.19. The Morgan fingerprint density at radius 3 is 2.76 bits per heavy atom. The molecule has 1 aromatic carbocycles. The van der Waals surface area contributed by atoms with Crippen molar-refractivity contribution in [3.63, 3.8) is 0 Å². The molecule has 3 rings (SSSR count). The molecule has 0 saturated carbocycles. The van der Waals surface area contributed by atoms with Crippen molar-refractivity contribution in [2.24, 2.45) is 0 Å². The Labute approximate surface area is 127 Å². The Bertz CT molecular complexity index is 869. The summed E-state index contributed by atoms with van der Waals surface area (Å²) in [4.78, 5) is 15.3. The first-order valence-electron chi connectivity index (χ1n) is 5.89. The highest BCUT2D eigenvalue weighted by Crippen LogP contribution is 2.31. The second-order valence-corrected chi connectivity index (χ2v) is 6.21. The monoisotopic (exact) mass is 313 g/mol. The summed E-state index contributed by atoms with van der Waals surface area (Å²) >= 11 is 2.47. The van der Waals surface area contributed by atoms with Gasteiger partial charge in [-0.3, -0.25) is 10.1 Å². The van der Waals surface area contributed by atoms with Gasteiger partial charge in [0.2, 0.25) is 0 Å². The van der Waals surface area contributed by atoms with Crippen molar-refractivity contribution < 1.29 is 4.92 Å². The number of benzene rings is 1. The summed E-state index contributed by atoms with van der Waals surface area (Å²) in [5, 5.41) is 20.7. The van der Waals surface area contributed by atoms with E-state index in [0.29, 0.717) is 15.5 Å². The molecule has 0 spiro atoms. The lowest BCUT2D eigenvalue weighted by atomic mass is 10.2. The van der Waals surface area contributed by atoms with Gasteiger partial charge in [0.1, 0.15) is 11.1 Å². The van der Waals surface area contributed by atoms with Crippen LogP contribution in [0.5, 0.6) is 0 Å². The van der Waals surface area contributed by atoms with Crippen LogP contribution in [0.4, 0.5) is 5.00 Å². The van der Waals surface area contributed by atoms with Crippen LogP contribution in [0, 0.1) is 21.4 Å². The van der Waals surface area contributed by atoms with Crippen molar-refractivity contribution in [1.82, 2.24) is 4.98 Å². The van der Waals surface area contributed by atoms with E-state index < -0.39 is 4.92 Å². The fourth-order valence-electron chi connectivity index (χ4n) is 1.79. The minimum Gasteiger partial charge on any atom is -0.258 e. The molecule has 0 atom stereocenters. The van der Waals surface area contributed by atoms with Crippen LogP contribution < -0.4 is 0 Å². The van der Waals surface area contributed by atoms with Crippen LogP contribution in [-0.2, 0) is 0 Å². The molecule has 0 unspecified atom stereocenters. The van der Waals surface area contributed by atoms with Gasteiger partial charge in [0.05, 0.1) is 20.7 Å². The average Bonchev–Trinajstić information content (AvgIpc) is 3.11. The summed E-state index contributed by atoms with van der Waals surface area (Å²) in [5.74, 6) is 0. The maximum Gasteiger partial charge on any atom is 0.324 e. The minimum absolute atomic E-state index is 0.0582. The number of rotatable bonds is 3. The molecule has 0 fully saturated rings. The van der Waals surface area contributed by atoms with Crippen molar-refractivity contribution >= 4 is 49.5 Å². The van der Waals surface area contributed by atoms with Crippen molar-refractivity contribution in [2.45, 2.75) is 0 Å². The van der Waals surface area contributed by atoms with E-state index in [2.05, 4.69) is 11.1 Å². The Kier molecular flexibility index (Phi) is 3.48. The number of allylic oxidation sites excluding steroid dienone is 1. The standard InChI is InChI=1S/C14H7N3O2S2/c15-8-9(7-10-5-6-13(20-10)17(18)19)14-16-11-3-1-2-4-12(11)21-14/h1-7H/b9-7+. The van der Waals surface area contributed by atoms with Gasteiger partial charge < -0.3 is 0 Å². The number of hydrogen-bond donors (Lipinski definition) is 0. The predicted octanol–water partition coefficient (Wildman–Crippen LogP) is 4.33. The molecule has 102 valence electrons. The highest BCUT2D eigenvalue weighted by atomic mass is 32.1. The maximum absolute atomic E-state index is 10.7. The van der Waals surface area contributed by atoms with E-state index >= 15 is 0 Å². The van der Waals surface area contributed by atoms with Crippen LogP contribution in [0.15, 0.2) is 36.4 Å². The number of fused-ring (bicyclic) bond motifs is 1. The van der Waals surface area contributed by atoms with Crippen LogP contribution >= 0.6 is 22.7 Å². The summed E-state index contributed by atoms with van der Waals surface area (Å²) < 4.78 is 1.01. The molecule has 0 aliphatic carbocycles. The summed E-state index contributed by atoms with van der Waals surface area (Å²) in [5.41, 5.74) is 1.25. The lowest BCUT2D eigenvalue weighted by molar-refractivity contribution is -0.380. The highest BCUT2D eigenvalue weighted by Gasteiger charge is 2.12. The predicted molar refractivity (Wildman–Crippen MR) is 84.1 cm³/mol. The Hall–Kier alpha value is -2.56. The number of thiazole rings is 1. The molecule has 0 N–H and O–H groups in total. The first-order valence-corrected chi connectivity index (χ1v) is 7.52. The van der Waals surface area contributed by atoms with Crippen molar-refractivity contribution in [3.05, 3.63) is 56.4 Å². The lowest BCUT2D eigenvalue weighted by Gasteiger charge is -1.90. The Morgan fingerprint density at radius 1 is 1.29 bits per heavy atom. The van der Waals surface area contributed by atoms with E-state index in [-0.39, 0.29) is 5.00 Å². The molecule has 0 saturated heterocycles. The molecule has 0 radical (unpaired) electrons. The normalized spacial score (nSPS) is 11.5. The van der Waals surface area contributed by atoms with Gasteiger partial charge in [-0.25, -0.2) is 4.98 Å². The third-order valence-electron chi connectivity index (χ3n) is 2.72. The molecule has 5 nitrogen and oxygen atoms in total. The van der Waals surface area contributed by atoms with Gasteiger partial charge in [0, 0.05) is 10.9 Å². The second kappa shape index (κ2) is 5.44. The van der Waals surface area contributed by atoms with E-state index in [0.717, 1.165) is 21.6 Å². The van der Waals surface area contributed by atoms with Gasteiger partial charge in [0.15, 0.2) is 0 Å². The topological polar surface area (TPSA) is 79.8 Å². The molecule has 0 amide bonds. The molecular formula is C14H7N3O2S2. The number of para-hydroxylation sites is 1. The molecule has 0 aliphatic rings. The maximum atomic E-state index is 10.7. The van der Waals surface area contributed by atoms with Gasteiger partial charge in [-0.15, -0.1) is 11.3 Å². The van der Waals surface area contributed by atoms with Gasteiger partial charge in [-0.1, -0.05) is 23.5 Å². The largest absolute Gasteiger partial charge is 0.324 e. The van der Waals surface area contributed by atoms with E-state index in [1.807, 2.05) is 24.3 Å². The van der Waals surface area contributed by atoms with E-state index in [1.165, 1.54) is 17.4 Å². The number of thiophene rings is 1. The van der Waals surface area contributed by atoms with Gasteiger partial charge in [-0.05, 0) is 24.3 Å². The molecule has 21 heavy (non-hydrogen) atoms.